The lowest BCUT2D eigenvalue weighted by Gasteiger charge is -2.57. The minimum absolute atomic E-state index is 0.118. The molecule has 2 amide bonds. The van der Waals surface area contributed by atoms with Crippen LogP contribution in [-0.4, -0.2) is 48.4 Å². The molecule has 6 heteroatoms. The Bertz CT molecular complexity index is 855. The van der Waals surface area contributed by atoms with Crippen molar-refractivity contribution in [2.75, 3.05) is 20.6 Å². The third kappa shape index (κ3) is 3.19. The molecule has 0 aromatic rings. The van der Waals surface area contributed by atoms with E-state index in [0.717, 1.165) is 79.9 Å². The summed E-state index contributed by atoms with van der Waals surface area (Å²) >= 11 is 0. The number of likely N-dealkylation sites (N-methyl/N-ethyl adjacent to an activating group) is 1. The van der Waals surface area contributed by atoms with Gasteiger partial charge >= 0.3 is 0 Å². The van der Waals surface area contributed by atoms with E-state index in [1.807, 2.05) is 30.1 Å². The van der Waals surface area contributed by atoms with Gasteiger partial charge in [0.05, 0.1) is 17.4 Å². The maximum Gasteiger partial charge on any atom is 0.234 e. The lowest BCUT2D eigenvalue weighted by molar-refractivity contribution is -0.159. The molecule has 0 radical (unpaired) electrons. The highest BCUT2D eigenvalue weighted by molar-refractivity contribution is 5.85. The van der Waals surface area contributed by atoms with E-state index < -0.39 is 0 Å². The van der Waals surface area contributed by atoms with Gasteiger partial charge in [-0.15, -0.1) is 0 Å². The molecule has 0 saturated heterocycles. The predicted octanol–water partition coefficient (Wildman–Crippen LogP) is 3.65. The third-order valence-electron chi connectivity index (χ3n) is 11.3. The van der Waals surface area contributed by atoms with Crippen LogP contribution in [0.15, 0.2) is 12.0 Å². The van der Waals surface area contributed by atoms with Gasteiger partial charge < -0.3 is 20.4 Å². The summed E-state index contributed by atoms with van der Waals surface area (Å²) in [6.07, 6.45) is 16.4. The van der Waals surface area contributed by atoms with Gasteiger partial charge in [-0.2, -0.15) is 0 Å². The smallest absolute Gasteiger partial charge is 0.234 e. The minimum atomic E-state index is -0.153. The molecule has 1 atom stereocenters. The molecule has 8 saturated carbocycles. The van der Waals surface area contributed by atoms with E-state index in [9.17, 15) is 9.59 Å². The van der Waals surface area contributed by atoms with Gasteiger partial charge in [0.25, 0.3) is 0 Å². The maximum atomic E-state index is 13.9. The number of amides is 2. The van der Waals surface area contributed by atoms with Gasteiger partial charge in [0.1, 0.15) is 12.0 Å². The van der Waals surface area contributed by atoms with Crippen LogP contribution in [0, 0.1) is 46.3 Å². The predicted molar refractivity (Wildman–Crippen MR) is 130 cm³/mol. The highest BCUT2D eigenvalue weighted by atomic mass is 16.2. The van der Waals surface area contributed by atoms with Crippen molar-refractivity contribution in [2.45, 2.75) is 83.2 Å². The number of carbonyl (C=O) groups is 2. The molecule has 2 N–H and O–H groups in total. The van der Waals surface area contributed by atoms with Crippen LogP contribution in [0.5, 0.6) is 0 Å². The molecule has 8 bridgehead atoms. The van der Waals surface area contributed by atoms with Gasteiger partial charge in [0.2, 0.25) is 11.8 Å². The van der Waals surface area contributed by atoms with E-state index in [4.69, 9.17) is 0 Å². The topological polar surface area (TPSA) is 64.7 Å². The second-order valence-electron chi connectivity index (χ2n) is 13.8. The molecule has 9 aliphatic rings. The van der Waals surface area contributed by atoms with Crippen molar-refractivity contribution in [2.24, 2.45) is 46.3 Å². The largest absolute Gasteiger partial charge is 0.384 e. The van der Waals surface area contributed by atoms with Crippen molar-refractivity contribution in [1.82, 2.24) is 20.4 Å². The Kier molecular flexibility index (Phi) is 4.69. The number of rotatable bonds is 4. The molecule has 34 heavy (non-hydrogen) atoms. The summed E-state index contributed by atoms with van der Waals surface area (Å²) in [6, 6.07) is 0. The summed E-state index contributed by atoms with van der Waals surface area (Å²) in [5, 5.41) is 6.98. The molecule has 9 rings (SSSR count). The number of hydrogen-bond donors (Lipinski definition) is 2. The second-order valence-corrected chi connectivity index (χ2v) is 13.8. The first-order valence-corrected chi connectivity index (χ1v) is 14.1. The number of nitrogens with one attached hydrogen (secondary N) is 2. The zero-order valence-corrected chi connectivity index (χ0v) is 21.0. The fourth-order valence-corrected chi connectivity index (χ4v) is 10.7. The number of hydrogen-bond acceptors (Lipinski definition) is 4. The first-order valence-electron chi connectivity index (χ1n) is 14.1. The SMILES string of the molecule is CN(C(=O)C12CC3CC(CC(C3)C1)C2)C1=CNCC(N(C)C(=O)C23CC4CC(CC(C4)C2)C3)N1. The van der Waals surface area contributed by atoms with Crippen molar-refractivity contribution in [3.05, 3.63) is 12.0 Å². The van der Waals surface area contributed by atoms with Crippen molar-refractivity contribution < 1.29 is 9.59 Å². The molecule has 8 aliphatic carbocycles. The van der Waals surface area contributed by atoms with Crippen molar-refractivity contribution in [3.63, 3.8) is 0 Å². The van der Waals surface area contributed by atoms with Gasteiger partial charge in [0.15, 0.2) is 0 Å². The van der Waals surface area contributed by atoms with Gasteiger partial charge in [-0.1, -0.05) is 0 Å². The quantitative estimate of drug-likeness (QED) is 0.664. The average molecular weight is 467 g/mol. The lowest BCUT2D eigenvalue weighted by Crippen LogP contribution is -2.62. The average Bonchev–Trinajstić information content (AvgIpc) is 2.80. The Morgan fingerprint density at radius 3 is 1.59 bits per heavy atom. The molecule has 0 aromatic heterocycles. The molecule has 0 aromatic carbocycles. The first-order chi connectivity index (χ1) is 16.3. The van der Waals surface area contributed by atoms with Crippen molar-refractivity contribution in [1.29, 1.82) is 0 Å². The molecule has 1 unspecified atom stereocenters. The highest BCUT2D eigenvalue weighted by Crippen LogP contribution is 2.61. The molecule has 0 spiro atoms. The summed E-state index contributed by atoms with van der Waals surface area (Å²) in [7, 11) is 3.91. The van der Waals surface area contributed by atoms with Crippen molar-refractivity contribution >= 4 is 11.8 Å². The Morgan fingerprint density at radius 1 is 0.735 bits per heavy atom. The van der Waals surface area contributed by atoms with E-state index in [-0.39, 0.29) is 17.0 Å². The number of carbonyl (C=O) groups excluding carboxylic acids is 2. The van der Waals surface area contributed by atoms with Crippen LogP contribution in [-0.2, 0) is 9.59 Å². The summed E-state index contributed by atoms with van der Waals surface area (Å²) < 4.78 is 0. The maximum absolute atomic E-state index is 13.9. The van der Waals surface area contributed by atoms with Gasteiger partial charge in [-0.25, -0.2) is 0 Å². The first kappa shape index (κ1) is 21.6. The molecule has 1 heterocycles. The fourth-order valence-electron chi connectivity index (χ4n) is 10.7. The van der Waals surface area contributed by atoms with E-state index in [2.05, 4.69) is 10.6 Å². The summed E-state index contributed by atoms with van der Waals surface area (Å²) in [4.78, 5) is 31.6. The zero-order chi connectivity index (χ0) is 23.2. The monoisotopic (exact) mass is 466 g/mol. The molecule has 186 valence electrons. The lowest BCUT2D eigenvalue weighted by atomic mass is 9.49. The van der Waals surface area contributed by atoms with Crippen LogP contribution in [0.25, 0.3) is 0 Å². The van der Waals surface area contributed by atoms with Crippen LogP contribution < -0.4 is 10.6 Å². The molecule has 8 fully saturated rings. The van der Waals surface area contributed by atoms with Crippen LogP contribution in [0.3, 0.4) is 0 Å². The highest BCUT2D eigenvalue weighted by Gasteiger charge is 2.57. The molecule has 6 nitrogen and oxygen atoms in total. The second kappa shape index (κ2) is 7.39. The minimum Gasteiger partial charge on any atom is -0.384 e. The Morgan fingerprint density at radius 2 is 1.15 bits per heavy atom. The van der Waals surface area contributed by atoms with Gasteiger partial charge in [-0.05, 0) is 113 Å². The Balaban J connectivity index is 1.05. The van der Waals surface area contributed by atoms with Crippen LogP contribution in [0.4, 0.5) is 0 Å². The van der Waals surface area contributed by atoms with Gasteiger partial charge in [-0.3, -0.25) is 9.59 Å². The van der Waals surface area contributed by atoms with Gasteiger partial charge in [0, 0.05) is 20.3 Å². The van der Waals surface area contributed by atoms with E-state index in [1.54, 1.807) is 0 Å². The molecule has 1 aliphatic heterocycles. The summed E-state index contributed by atoms with van der Waals surface area (Å²) in [5.41, 5.74) is -0.284. The molecular weight excluding hydrogens is 424 g/mol. The van der Waals surface area contributed by atoms with Crippen molar-refractivity contribution in [3.8, 4) is 0 Å². The standard InChI is InChI=1S/C28H42N4O2/c1-31(25(33)27-9-17-3-18(10-27)5-19(4-17)11-27)23-15-29-16-24(30-23)32(2)26(34)28-12-20-6-21(13-28)8-22(7-20)14-28/h15,17-22,24,29-30H,3-14,16H2,1-2H3. The normalized spacial score (nSPS) is 47.6. The Hall–Kier alpha value is -1.72. The zero-order valence-electron chi connectivity index (χ0n) is 21.0. The van der Waals surface area contributed by atoms with E-state index in [1.165, 1.54) is 38.5 Å². The van der Waals surface area contributed by atoms with Crippen LogP contribution >= 0.6 is 0 Å². The van der Waals surface area contributed by atoms with Crippen LogP contribution in [0.2, 0.25) is 0 Å². The fraction of sp³-hybridized carbons (Fsp3) is 0.857. The summed E-state index contributed by atoms with van der Waals surface area (Å²) in [6.45, 7) is 0.678. The third-order valence-corrected chi connectivity index (χ3v) is 11.3. The van der Waals surface area contributed by atoms with E-state index >= 15 is 0 Å². The number of nitrogens with zero attached hydrogens (tertiary/aromatic N) is 2. The molecular formula is C28H42N4O2. The summed E-state index contributed by atoms with van der Waals surface area (Å²) in [5.74, 6) is 6.01. The van der Waals surface area contributed by atoms with E-state index in [0.29, 0.717) is 18.4 Å². The van der Waals surface area contributed by atoms with Crippen LogP contribution in [0.1, 0.15) is 77.0 Å². The Labute approximate surface area is 204 Å².